The fraction of sp³-hybridized carbons (Fsp3) is 0.300. The minimum atomic E-state index is 0.435. The van der Waals surface area contributed by atoms with Crippen molar-refractivity contribution in [2.75, 3.05) is 11.4 Å². The third kappa shape index (κ3) is 3.36. The highest BCUT2D eigenvalue weighted by molar-refractivity contribution is 5.49. The molecule has 2 aromatic carbocycles. The van der Waals surface area contributed by atoms with Crippen LogP contribution < -0.4 is 4.90 Å². The molecule has 0 amide bonds. The van der Waals surface area contributed by atoms with Crippen LogP contribution in [0.15, 0.2) is 72.3 Å². The summed E-state index contributed by atoms with van der Waals surface area (Å²) in [4.78, 5) is 2.58. The van der Waals surface area contributed by atoms with E-state index in [1.165, 1.54) is 29.7 Å². The lowest BCUT2D eigenvalue weighted by atomic mass is 9.94. The van der Waals surface area contributed by atoms with Gasteiger partial charge in [0.15, 0.2) is 0 Å². The molecule has 1 atom stereocenters. The van der Waals surface area contributed by atoms with Gasteiger partial charge >= 0.3 is 0 Å². The summed E-state index contributed by atoms with van der Waals surface area (Å²) in [6.45, 7) is 3.39. The summed E-state index contributed by atoms with van der Waals surface area (Å²) in [6.07, 6.45) is 5.93. The second kappa shape index (κ2) is 6.62. The standard InChI is InChI=1S/C20H23N/c1-17-10-8-9-15-21(19-13-6-3-7-14-19)20(16-17)18-11-4-2-5-12-18/h2-7,10-14,20H,8-9,15-16H2,1H3/b17-10-/t20-/m1/s1. The first-order chi connectivity index (χ1) is 10.3. The molecule has 1 aliphatic heterocycles. The fourth-order valence-electron chi connectivity index (χ4n) is 3.17. The maximum atomic E-state index is 2.58. The second-order valence-electron chi connectivity index (χ2n) is 5.85. The van der Waals surface area contributed by atoms with Gasteiger partial charge < -0.3 is 4.90 Å². The van der Waals surface area contributed by atoms with Gasteiger partial charge in [0.2, 0.25) is 0 Å². The Hall–Kier alpha value is -2.02. The molecule has 108 valence electrons. The highest BCUT2D eigenvalue weighted by Gasteiger charge is 2.22. The third-order valence-corrected chi connectivity index (χ3v) is 4.26. The number of anilines is 1. The lowest BCUT2D eigenvalue weighted by Gasteiger charge is -2.36. The molecule has 21 heavy (non-hydrogen) atoms. The van der Waals surface area contributed by atoms with Crippen molar-refractivity contribution in [2.24, 2.45) is 0 Å². The average Bonchev–Trinajstić information content (AvgIpc) is 2.53. The Kier molecular flexibility index (Phi) is 4.40. The van der Waals surface area contributed by atoms with Gasteiger partial charge in [0, 0.05) is 12.2 Å². The summed E-state index contributed by atoms with van der Waals surface area (Å²) in [6, 6.07) is 22.2. The molecule has 0 bridgehead atoms. The number of hydrogen-bond acceptors (Lipinski definition) is 1. The number of nitrogens with zero attached hydrogens (tertiary/aromatic N) is 1. The maximum absolute atomic E-state index is 2.58. The molecule has 0 saturated heterocycles. The largest absolute Gasteiger partial charge is 0.364 e. The van der Waals surface area contributed by atoms with Crippen LogP contribution in [0.5, 0.6) is 0 Å². The molecule has 3 rings (SSSR count). The van der Waals surface area contributed by atoms with E-state index in [0.717, 1.165) is 13.0 Å². The van der Waals surface area contributed by atoms with Gasteiger partial charge in [0.1, 0.15) is 0 Å². The topological polar surface area (TPSA) is 3.24 Å². The van der Waals surface area contributed by atoms with Gasteiger partial charge in [0.05, 0.1) is 6.04 Å². The first-order valence-corrected chi connectivity index (χ1v) is 7.87. The van der Waals surface area contributed by atoms with E-state index in [2.05, 4.69) is 78.6 Å². The van der Waals surface area contributed by atoms with E-state index < -0.39 is 0 Å². The van der Waals surface area contributed by atoms with Crippen molar-refractivity contribution in [3.63, 3.8) is 0 Å². The Morgan fingerprint density at radius 1 is 0.905 bits per heavy atom. The summed E-state index contributed by atoms with van der Waals surface area (Å²) < 4.78 is 0. The van der Waals surface area contributed by atoms with Crippen LogP contribution in [0.3, 0.4) is 0 Å². The third-order valence-electron chi connectivity index (χ3n) is 4.26. The van der Waals surface area contributed by atoms with Crippen LogP contribution in [-0.2, 0) is 0 Å². The zero-order chi connectivity index (χ0) is 14.5. The van der Waals surface area contributed by atoms with Gasteiger partial charge in [-0.1, -0.05) is 60.2 Å². The van der Waals surface area contributed by atoms with Crippen molar-refractivity contribution in [2.45, 2.75) is 32.2 Å². The maximum Gasteiger partial charge on any atom is 0.0579 e. The van der Waals surface area contributed by atoms with Gasteiger partial charge in [-0.15, -0.1) is 0 Å². The van der Waals surface area contributed by atoms with Crippen molar-refractivity contribution in [3.05, 3.63) is 77.9 Å². The van der Waals surface area contributed by atoms with Crippen LogP contribution in [-0.4, -0.2) is 6.54 Å². The Balaban J connectivity index is 1.99. The molecular weight excluding hydrogens is 254 g/mol. The van der Waals surface area contributed by atoms with E-state index in [0.29, 0.717) is 6.04 Å². The number of para-hydroxylation sites is 1. The van der Waals surface area contributed by atoms with Crippen molar-refractivity contribution in [3.8, 4) is 0 Å². The van der Waals surface area contributed by atoms with Gasteiger partial charge in [-0.3, -0.25) is 0 Å². The minimum absolute atomic E-state index is 0.435. The van der Waals surface area contributed by atoms with E-state index in [4.69, 9.17) is 0 Å². The van der Waals surface area contributed by atoms with Crippen LogP contribution >= 0.6 is 0 Å². The number of benzene rings is 2. The van der Waals surface area contributed by atoms with E-state index in [1.54, 1.807) is 0 Å². The first-order valence-electron chi connectivity index (χ1n) is 7.87. The molecule has 0 spiro atoms. The van der Waals surface area contributed by atoms with Crippen molar-refractivity contribution in [1.82, 2.24) is 0 Å². The van der Waals surface area contributed by atoms with E-state index in [9.17, 15) is 0 Å². The normalized spacial score (nSPS) is 22.0. The monoisotopic (exact) mass is 277 g/mol. The average molecular weight is 277 g/mol. The summed E-state index contributed by atoms with van der Waals surface area (Å²) in [5.41, 5.74) is 4.25. The Morgan fingerprint density at radius 3 is 2.29 bits per heavy atom. The number of allylic oxidation sites excluding steroid dienone is 1. The molecule has 0 aliphatic carbocycles. The lowest BCUT2D eigenvalue weighted by molar-refractivity contribution is 0.583. The first kappa shape index (κ1) is 13.9. The number of hydrogen-bond donors (Lipinski definition) is 0. The molecule has 1 nitrogen and oxygen atoms in total. The van der Waals surface area contributed by atoms with E-state index in [1.807, 2.05) is 0 Å². The van der Waals surface area contributed by atoms with E-state index in [-0.39, 0.29) is 0 Å². The number of rotatable bonds is 2. The summed E-state index contributed by atoms with van der Waals surface area (Å²) in [7, 11) is 0. The molecule has 0 saturated carbocycles. The molecule has 0 fully saturated rings. The van der Waals surface area contributed by atoms with Gasteiger partial charge in [-0.25, -0.2) is 0 Å². The molecule has 0 N–H and O–H groups in total. The van der Waals surface area contributed by atoms with Crippen LogP contribution in [0, 0.1) is 0 Å². The predicted molar refractivity (Wildman–Crippen MR) is 90.6 cm³/mol. The van der Waals surface area contributed by atoms with Crippen LogP contribution in [0.4, 0.5) is 5.69 Å². The summed E-state index contributed by atoms with van der Waals surface area (Å²) in [5, 5.41) is 0. The summed E-state index contributed by atoms with van der Waals surface area (Å²) >= 11 is 0. The SMILES string of the molecule is C/C1=C/CCCN(c2ccccc2)[C@@H](c2ccccc2)C1. The predicted octanol–water partition coefficient (Wildman–Crippen LogP) is 5.36. The van der Waals surface area contributed by atoms with Gasteiger partial charge in [-0.05, 0) is 43.9 Å². The minimum Gasteiger partial charge on any atom is -0.364 e. The lowest BCUT2D eigenvalue weighted by Crippen LogP contribution is -2.30. The molecule has 0 radical (unpaired) electrons. The van der Waals surface area contributed by atoms with Crippen molar-refractivity contribution in [1.29, 1.82) is 0 Å². The van der Waals surface area contributed by atoms with Gasteiger partial charge in [-0.2, -0.15) is 0 Å². The molecule has 2 aromatic rings. The van der Waals surface area contributed by atoms with E-state index >= 15 is 0 Å². The Labute approximate surface area is 127 Å². The van der Waals surface area contributed by atoms with Crippen molar-refractivity contribution >= 4 is 5.69 Å². The van der Waals surface area contributed by atoms with Crippen LogP contribution in [0.2, 0.25) is 0 Å². The molecular formula is C20H23N. The zero-order valence-electron chi connectivity index (χ0n) is 12.7. The summed E-state index contributed by atoms with van der Waals surface area (Å²) in [5.74, 6) is 0. The fourth-order valence-corrected chi connectivity index (χ4v) is 3.17. The Bertz CT molecular complexity index is 586. The molecule has 0 aromatic heterocycles. The van der Waals surface area contributed by atoms with Crippen LogP contribution in [0.25, 0.3) is 0 Å². The van der Waals surface area contributed by atoms with Crippen molar-refractivity contribution < 1.29 is 0 Å². The zero-order valence-corrected chi connectivity index (χ0v) is 12.7. The van der Waals surface area contributed by atoms with Crippen LogP contribution in [0.1, 0.15) is 37.8 Å². The second-order valence-corrected chi connectivity index (χ2v) is 5.85. The van der Waals surface area contributed by atoms with Gasteiger partial charge in [0.25, 0.3) is 0 Å². The molecule has 0 unspecified atom stereocenters. The molecule has 1 heterocycles. The Morgan fingerprint density at radius 2 is 1.57 bits per heavy atom. The highest BCUT2D eigenvalue weighted by atomic mass is 15.2. The molecule has 1 aliphatic rings. The highest BCUT2D eigenvalue weighted by Crippen LogP contribution is 2.33. The quantitative estimate of drug-likeness (QED) is 0.667. The smallest absolute Gasteiger partial charge is 0.0579 e. The molecule has 1 heteroatoms.